The fourth-order valence-corrected chi connectivity index (χ4v) is 5.36. The summed E-state index contributed by atoms with van der Waals surface area (Å²) in [6, 6.07) is 4.26. The highest BCUT2D eigenvalue weighted by Crippen LogP contribution is 2.32. The Hall–Kier alpha value is -3.18. The molecular formula is C21H21N5O4S2. The summed E-state index contributed by atoms with van der Waals surface area (Å²) in [5.41, 5.74) is 1.24. The Morgan fingerprint density at radius 3 is 2.72 bits per heavy atom. The molecule has 0 bridgehead atoms. The van der Waals surface area contributed by atoms with Crippen LogP contribution in [-0.4, -0.2) is 37.8 Å². The van der Waals surface area contributed by atoms with Crippen LogP contribution in [0.4, 0.5) is 15.6 Å². The second kappa shape index (κ2) is 9.96. The van der Waals surface area contributed by atoms with Gasteiger partial charge in [0.05, 0.1) is 16.8 Å². The van der Waals surface area contributed by atoms with Gasteiger partial charge in [0.25, 0.3) is 0 Å². The molecule has 4 rings (SSSR count). The number of carbonyl (C=O) groups is 3. The molecule has 0 aliphatic heterocycles. The van der Waals surface area contributed by atoms with Crippen molar-refractivity contribution in [3.8, 4) is 0 Å². The van der Waals surface area contributed by atoms with Gasteiger partial charge in [-0.15, -0.1) is 0 Å². The average Bonchev–Trinajstić information content (AvgIpc) is 3.52. The lowest BCUT2D eigenvalue weighted by Gasteiger charge is -2.14. The van der Waals surface area contributed by atoms with Gasteiger partial charge in [-0.05, 0) is 42.3 Å². The number of aliphatic carboxylic acids is 1. The van der Waals surface area contributed by atoms with E-state index >= 15 is 0 Å². The summed E-state index contributed by atoms with van der Waals surface area (Å²) in [5, 5.41) is 15.7. The minimum absolute atomic E-state index is 0.0534. The Kier molecular flexibility index (Phi) is 6.86. The predicted octanol–water partition coefficient (Wildman–Crippen LogP) is 4.66. The molecule has 166 valence electrons. The van der Waals surface area contributed by atoms with Gasteiger partial charge in [0.1, 0.15) is 0 Å². The number of anilines is 2. The van der Waals surface area contributed by atoms with Crippen LogP contribution in [-0.2, 0) is 11.2 Å². The Bertz CT molecular complexity index is 1120. The highest BCUT2D eigenvalue weighted by Gasteiger charge is 2.26. The van der Waals surface area contributed by atoms with Crippen molar-refractivity contribution in [2.45, 2.75) is 41.5 Å². The molecule has 4 N–H and O–H groups in total. The van der Waals surface area contributed by atoms with Crippen LogP contribution in [0.5, 0.6) is 0 Å². The molecule has 3 aromatic rings. The second-order valence-electron chi connectivity index (χ2n) is 7.35. The third-order valence-electron chi connectivity index (χ3n) is 5.08. The van der Waals surface area contributed by atoms with E-state index in [9.17, 15) is 19.5 Å². The number of carboxylic acids is 1. The lowest BCUT2D eigenvalue weighted by Crippen LogP contribution is -2.20. The fourth-order valence-electron chi connectivity index (χ4n) is 3.63. The number of thiazole rings is 1. The first-order valence-electron chi connectivity index (χ1n) is 10.1. The Morgan fingerprint density at radius 1 is 1.19 bits per heavy atom. The number of hydrogen-bond donors (Lipinski definition) is 4. The topological polar surface area (TPSA) is 137 Å². The molecule has 2 heterocycles. The number of H-pyrrole nitrogens is 1. The maximum absolute atomic E-state index is 13.0. The molecule has 32 heavy (non-hydrogen) atoms. The summed E-state index contributed by atoms with van der Waals surface area (Å²) in [4.78, 5) is 48.0. The van der Waals surface area contributed by atoms with Crippen molar-refractivity contribution >= 4 is 51.7 Å². The van der Waals surface area contributed by atoms with Crippen LogP contribution >= 0.6 is 23.1 Å². The summed E-state index contributed by atoms with van der Waals surface area (Å²) in [6.07, 6.45) is 8.41. The fraction of sp³-hybridized carbons (Fsp3) is 0.286. The first-order valence-corrected chi connectivity index (χ1v) is 11.7. The number of nitrogens with zero attached hydrogens (tertiary/aromatic N) is 2. The predicted molar refractivity (Wildman–Crippen MR) is 122 cm³/mol. The number of aromatic nitrogens is 3. The number of urea groups is 1. The number of rotatable bonds is 8. The van der Waals surface area contributed by atoms with Gasteiger partial charge in [0.15, 0.2) is 16.1 Å². The van der Waals surface area contributed by atoms with E-state index in [0.717, 1.165) is 35.0 Å². The maximum atomic E-state index is 13.0. The van der Waals surface area contributed by atoms with E-state index in [4.69, 9.17) is 0 Å². The molecule has 1 aliphatic carbocycles. The first kappa shape index (κ1) is 22.0. The molecule has 1 saturated carbocycles. The molecule has 2 amide bonds. The minimum atomic E-state index is -1.00. The van der Waals surface area contributed by atoms with E-state index in [-0.39, 0.29) is 18.1 Å². The van der Waals surface area contributed by atoms with Crippen molar-refractivity contribution in [3.05, 3.63) is 47.9 Å². The molecule has 0 radical (unpaired) electrons. The number of aromatic amines is 1. The van der Waals surface area contributed by atoms with Crippen molar-refractivity contribution in [1.29, 1.82) is 0 Å². The van der Waals surface area contributed by atoms with Gasteiger partial charge in [0, 0.05) is 29.6 Å². The zero-order valence-corrected chi connectivity index (χ0v) is 18.6. The standard InChI is InChI=1S/C21H21N5O4S2/c27-16(28)9-13-5-6-14(10-15(13)18(29)12-3-1-2-4-12)25-19(30)26-21-24-11-17(32-21)31-20-22-7-8-23-20/h5-8,10-12H,1-4,9H2,(H,22,23)(H,27,28)(H2,24,25,26,30). The van der Waals surface area contributed by atoms with Crippen LogP contribution in [0, 0.1) is 5.92 Å². The van der Waals surface area contributed by atoms with Crippen LogP contribution in [0.1, 0.15) is 41.6 Å². The molecule has 1 aliphatic rings. The number of ketones is 1. The van der Waals surface area contributed by atoms with E-state index in [0.29, 0.717) is 21.9 Å². The minimum Gasteiger partial charge on any atom is -0.481 e. The average molecular weight is 472 g/mol. The van der Waals surface area contributed by atoms with Gasteiger partial charge in [-0.2, -0.15) is 0 Å². The van der Waals surface area contributed by atoms with Crippen molar-refractivity contribution < 1.29 is 19.5 Å². The molecule has 0 unspecified atom stereocenters. The first-order chi connectivity index (χ1) is 15.5. The highest BCUT2D eigenvalue weighted by molar-refractivity contribution is 8.01. The van der Waals surface area contributed by atoms with Gasteiger partial charge < -0.3 is 15.4 Å². The number of carboxylic acid groups (broad SMARTS) is 1. The van der Waals surface area contributed by atoms with E-state index in [2.05, 4.69) is 25.6 Å². The van der Waals surface area contributed by atoms with E-state index in [1.165, 1.54) is 23.1 Å². The summed E-state index contributed by atoms with van der Waals surface area (Å²) >= 11 is 2.71. The molecule has 0 saturated heterocycles. The molecule has 9 nitrogen and oxygen atoms in total. The Balaban J connectivity index is 1.44. The maximum Gasteiger partial charge on any atom is 0.325 e. The van der Waals surface area contributed by atoms with Gasteiger partial charge in [-0.1, -0.05) is 30.2 Å². The van der Waals surface area contributed by atoms with Crippen LogP contribution < -0.4 is 10.6 Å². The molecule has 1 fully saturated rings. The molecule has 11 heteroatoms. The van der Waals surface area contributed by atoms with Gasteiger partial charge >= 0.3 is 12.0 Å². The van der Waals surface area contributed by atoms with E-state index < -0.39 is 12.0 Å². The smallest absolute Gasteiger partial charge is 0.325 e. The summed E-state index contributed by atoms with van der Waals surface area (Å²) in [6.45, 7) is 0. The monoisotopic (exact) mass is 471 g/mol. The number of benzene rings is 1. The zero-order chi connectivity index (χ0) is 22.5. The number of carbonyl (C=O) groups excluding carboxylic acids is 2. The van der Waals surface area contributed by atoms with Crippen LogP contribution in [0.2, 0.25) is 0 Å². The molecule has 2 aromatic heterocycles. The number of imidazole rings is 1. The number of Topliss-reactive ketones (excluding diaryl/α,β-unsaturated/α-hetero) is 1. The van der Waals surface area contributed by atoms with Crippen molar-refractivity contribution in [2.75, 3.05) is 10.6 Å². The third kappa shape index (κ3) is 5.54. The number of hydrogen-bond acceptors (Lipinski definition) is 7. The van der Waals surface area contributed by atoms with Gasteiger partial charge in [0.2, 0.25) is 0 Å². The molecule has 0 spiro atoms. The number of nitrogens with one attached hydrogen (secondary N) is 3. The van der Waals surface area contributed by atoms with Crippen LogP contribution in [0.15, 0.2) is 46.2 Å². The quantitative estimate of drug-likeness (QED) is 0.351. The van der Waals surface area contributed by atoms with Crippen LogP contribution in [0.25, 0.3) is 0 Å². The normalized spacial score (nSPS) is 13.8. The molecule has 1 aromatic carbocycles. The number of amides is 2. The summed E-state index contributed by atoms with van der Waals surface area (Å²) in [5.74, 6) is -1.15. The van der Waals surface area contributed by atoms with E-state index in [1.54, 1.807) is 36.8 Å². The highest BCUT2D eigenvalue weighted by atomic mass is 32.2. The third-order valence-corrected chi connectivity index (χ3v) is 7.01. The van der Waals surface area contributed by atoms with Crippen molar-refractivity contribution in [2.24, 2.45) is 5.92 Å². The molecule has 0 atom stereocenters. The SMILES string of the molecule is O=C(O)Cc1ccc(NC(=O)Nc2ncc(Sc3ncc[nH]3)s2)cc1C(=O)C1CCCC1. The second-order valence-corrected chi connectivity index (χ2v) is 9.67. The lowest BCUT2D eigenvalue weighted by atomic mass is 9.91. The Morgan fingerprint density at radius 2 is 2.00 bits per heavy atom. The van der Waals surface area contributed by atoms with Gasteiger partial charge in [-0.25, -0.2) is 14.8 Å². The largest absolute Gasteiger partial charge is 0.481 e. The summed E-state index contributed by atoms with van der Waals surface area (Å²) < 4.78 is 0.859. The lowest BCUT2D eigenvalue weighted by molar-refractivity contribution is -0.136. The van der Waals surface area contributed by atoms with E-state index in [1.807, 2.05) is 0 Å². The summed E-state index contributed by atoms with van der Waals surface area (Å²) in [7, 11) is 0. The van der Waals surface area contributed by atoms with Crippen LogP contribution in [0.3, 0.4) is 0 Å². The van der Waals surface area contributed by atoms with Crippen molar-refractivity contribution in [3.63, 3.8) is 0 Å². The zero-order valence-electron chi connectivity index (χ0n) is 17.0. The van der Waals surface area contributed by atoms with Gasteiger partial charge in [-0.3, -0.25) is 14.9 Å². The molecular weight excluding hydrogens is 450 g/mol. The Labute approximate surface area is 192 Å². The van der Waals surface area contributed by atoms with Crippen molar-refractivity contribution in [1.82, 2.24) is 15.0 Å².